The van der Waals surface area contributed by atoms with Crippen LogP contribution >= 0.6 is 0 Å². The fraction of sp³-hybridized carbons (Fsp3) is 0.241. The van der Waals surface area contributed by atoms with Gasteiger partial charge in [-0.2, -0.15) is 0 Å². The number of rotatable bonds is 8. The SMILES string of the molecule is C[C@](Oc1ccc2c(c1COCc1ccccc1)CCCC2=O)(c1ccccc1)c1ncc[nH]1. The van der Waals surface area contributed by atoms with Crippen molar-refractivity contribution in [2.45, 2.75) is 45.0 Å². The van der Waals surface area contributed by atoms with Crippen LogP contribution in [0.5, 0.6) is 5.75 Å². The molecule has 4 aromatic rings. The van der Waals surface area contributed by atoms with Crippen LogP contribution in [0.1, 0.15) is 58.2 Å². The van der Waals surface area contributed by atoms with E-state index in [1.54, 1.807) is 12.4 Å². The lowest BCUT2D eigenvalue weighted by molar-refractivity contribution is 0.0902. The number of fused-ring (bicyclic) bond motifs is 1. The van der Waals surface area contributed by atoms with E-state index in [0.29, 0.717) is 31.2 Å². The summed E-state index contributed by atoms with van der Waals surface area (Å²) in [5.74, 6) is 1.61. The summed E-state index contributed by atoms with van der Waals surface area (Å²) in [6.45, 7) is 2.87. The molecule has 0 aliphatic heterocycles. The summed E-state index contributed by atoms with van der Waals surface area (Å²) in [5.41, 5.74) is 4.01. The van der Waals surface area contributed by atoms with Gasteiger partial charge in [-0.25, -0.2) is 4.98 Å². The Morgan fingerprint density at radius 1 is 0.941 bits per heavy atom. The molecule has 0 unspecified atom stereocenters. The van der Waals surface area contributed by atoms with Crippen molar-refractivity contribution in [2.75, 3.05) is 0 Å². The number of benzene rings is 3. The maximum atomic E-state index is 12.6. The van der Waals surface area contributed by atoms with E-state index in [9.17, 15) is 4.79 Å². The number of hydrogen-bond donors (Lipinski definition) is 1. The molecule has 0 saturated heterocycles. The van der Waals surface area contributed by atoms with Crippen LogP contribution in [-0.2, 0) is 30.0 Å². The Kier molecular flexibility index (Phi) is 6.28. The van der Waals surface area contributed by atoms with E-state index in [-0.39, 0.29) is 5.78 Å². The van der Waals surface area contributed by atoms with Crippen molar-refractivity contribution in [2.24, 2.45) is 0 Å². The molecule has 3 aromatic carbocycles. The molecule has 0 fully saturated rings. The molecule has 1 heterocycles. The number of Topliss-reactive ketones (excluding diaryl/α,β-unsaturated/α-hetero) is 1. The number of carbonyl (C=O) groups excluding carboxylic acids is 1. The fourth-order valence-corrected chi connectivity index (χ4v) is 4.62. The molecule has 172 valence electrons. The van der Waals surface area contributed by atoms with Gasteiger partial charge in [-0.05, 0) is 43.0 Å². The van der Waals surface area contributed by atoms with Crippen molar-refractivity contribution in [1.82, 2.24) is 9.97 Å². The van der Waals surface area contributed by atoms with Crippen LogP contribution in [0.15, 0.2) is 85.2 Å². The van der Waals surface area contributed by atoms with Crippen molar-refractivity contribution < 1.29 is 14.3 Å². The summed E-state index contributed by atoms with van der Waals surface area (Å²) in [6, 6.07) is 24.0. The Balaban J connectivity index is 1.52. The first-order valence-corrected chi connectivity index (χ1v) is 11.7. The number of nitrogens with zero attached hydrogens (tertiary/aromatic N) is 1. The van der Waals surface area contributed by atoms with Crippen LogP contribution in [0.25, 0.3) is 0 Å². The van der Waals surface area contributed by atoms with Crippen LogP contribution in [0.3, 0.4) is 0 Å². The number of carbonyl (C=O) groups is 1. The average molecular weight is 453 g/mol. The highest BCUT2D eigenvalue weighted by molar-refractivity contribution is 5.99. The van der Waals surface area contributed by atoms with Gasteiger partial charge in [-0.3, -0.25) is 4.79 Å². The van der Waals surface area contributed by atoms with E-state index in [2.05, 4.69) is 9.97 Å². The number of ketones is 1. The summed E-state index contributed by atoms with van der Waals surface area (Å²) in [5, 5.41) is 0. The maximum absolute atomic E-state index is 12.6. The number of hydrogen-bond acceptors (Lipinski definition) is 4. The highest BCUT2D eigenvalue weighted by atomic mass is 16.5. The lowest BCUT2D eigenvalue weighted by atomic mass is 9.86. The Hall–Kier alpha value is -3.70. The largest absolute Gasteiger partial charge is 0.474 e. The van der Waals surface area contributed by atoms with Crippen molar-refractivity contribution in [3.63, 3.8) is 0 Å². The number of ether oxygens (including phenoxy) is 2. The number of nitrogens with one attached hydrogen (secondary N) is 1. The minimum Gasteiger partial charge on any atom is -0.474 e. The molecule has 5 nitrogen and oxygen atoms in total. The van der Waals surface area contributed by atoms with Gasteiger partial charge in [-0.15, -0.1) is 0 Å². The summed E-state index contributed by atoms with van der Waals surface area (Å²) in [7, 11) is 0. The molecule has 0 amide bonds. The average Bonchev–Trinajstić information content (AvgIpc) is 3.42. The number of imidazole rings is 1. The van der Waals surface area contributed by atoms with Crippen molar-refractivity contribution >= 4 is 5.78 Å². The monoisotopic (exact) mass is 452 g/mol. The smallest absolute Gasteiger partial charge is 0.188 e. The molecule has 34 heavy (non-hydrogen) atoms. The minimum atomic E-state index is -0.841. The summed E-state index contributed by atoms with van der Waals surface area (Å²) in [4.78, 5) is 20.4. The Morgan fingerprint density at radius 2 is 1.71 bits per heavy atom. The van der Waals surface area contributed by atoms with Gasteiger partial charge in [0.25, 0.3) is 0 Å². The van der Waals surface area contributed by atoms with Gasteiger partial charge in [0.2, 0.25) is 0 Å². The van der Waals surface area contributed by atoms with E-state index in [1.807, 2.05) is 79.7 Å². The van der Waals surface area contributed by atoms with Gasteiger partial charge in [0, 0.05) is 35.5 Å². The molecule has 1 aliphatic rings. The third-order valence-electron chi connectivity index (χ3n) is 6.47. The Bertz CT molecular complexity index is 1250. The third-order valence-corrected chi connectivity index (χ3v) is 6.47. The van der Waals surface area contributed by atoms with Crippen LogP contribution in [0, 0.1) is 0 Å². The molecule has 1 aromatic heterocycles. The summed E-state index contributed by atoms with van der Waals surface area (Å²) < 4.78 is 12.9. The van der Waals surface area contributed by atoms with Crippen LogP contribution in [-0.4, -0.2) is 15.8 Å². The molecule has 1 N–H and O–H groups in total. The number of H-pyrrole nitrogens is 1. The molecule has 0 spiro atoms. The molecular weight excluding hydrogens is 424 g/mol. The van der Waals surface area contributed by atoms with Crippen molar-refractivity contribution in [1.29, 1.82) is 0 Å². The zero-order valence-corrected chi connectivity index (χ0v) is 19.3. The second-order valence-corrected chi connectivity index (χ2v) is 8.76. The fourth-order valence-electron chi connectivity index (χ4n) is 4.62. The van der Waals surface area contributed by atoms with E-state index < -0.39 is 5.60 Å². The molecular formula is C29H28N2O3. The Labute approximate surface area is 199 Å². The van der Waals surface area contributed by atoms with Gasteiger partial charge >= 0.3 is 0 Å². The van der Waals surface area contributed by atoms with E-state index in [0.717, 1.165) is 40.7 Å². The molecule has 0 bridgehead atoms. The van der Waals surface area contributed by atoms with E-state index >= 15 is 0 Å². The first-order valence-electron chi connectivity index (χ1n) is 11.7. The van der Waals surface area contributed by atoms with Gasteiger partial charge < -0.3 is 14.5 Å². The standard InChI is InChI=1S/C29H28N2O3/c1-29(28-30-17-18-31-28,22-11-6-3-7-12-22)34-27-16-15-24-23(13-8-14-26(24)32)25(27)20-33-19-21-9-4-2-5-10-21/h2-7,9-12,15-18H,8,13-14,19-20H2,1H3,(H,30,31)/t29-/m0/s1. The zero-order valence-electron chi connectivity index (χ0n) is 19.3. The van der Waals surface area contributed by atoms with Crippen LogP contribution in [0.2, 0.25) is 0 Å². The minimum absolute atomic E-state index is 0.189. The lowest BCUT2D eigenvalue weighted by Crippen LogP contribution is -2.33. The Morgan fingerprint density at radius 3 is 2.44 bits per heavy atom. The number of aromatic nitrogens is 2. The van der Waals surface area contributed by atoms with Crippen molar-refractivity contribution in [3.05, 3.63) is 119 Å². The molecule has 0 saturated carbocycles. The van der Waals surface area contributed by atoms with Gasteiger partial charge in [-0.1, -0.05) is 60.7 Å². The topological polar surface area (TPSA) is 64.2 Å². The molecule has 0 radical (unpaired) electrons. The lowest BCUT2D eigenvalue weighted by Gasteiger charge is -2.32. The normalized spacial score (nSPS) is 14.9. The molecule has 5 heteroatoms. The summed E-state index contributed by atoms with van der Waals surface area (Å²) >= 11 is 0. The first kappa shape index (κ1) is 22.1. The van der Waals surface area contributed by atoms with Gasteiger partial charge in [0.15, 0.2) is 17.2 Å². The second-order valence-electron chi connectivity index (χ2n) is 8.76. The highest BCUT2D eigenvalue weighted by Crippen LogP contribution is 2.38. The van der Waals surface area contributed by atoms with E-state index in [4.69, 9.17) is 9.47 Å². The third kappa shape index (κ3) is 4.39. The number of aromatic amines is 1. The van der Waals surface area contributed by atoms with Crippen LogP contribution < -0.4 is 4.74 Å². The van der Waals surface area contributed by atoms with E-state index in [1.165, 1.54) is 0 Å². The predicted molar refractivity (Wildman–Crippen MR) is 131 cm³/mol. The van der Waals surface area contributed by atoms with Crippen molar-refractivity contribution in [3.8, 4) is 5.75 Å². The molecule has 1 atom stereocenters. The van der Waals surface area contributed by atoms with Crippen LogP contribution in [0.4, 0.5) is 0 Å². The highest BCUT2D eigenvalue weighted by Gasteiger charge is 2.35. The second kappa shape index (κ2) is 9.65. The molecule has 5 rings (SSSR count). The first-order chi connectivity index (χ1) is 16.6. The van der Waals surface area contributed by atoms with Gasteiger partial charge in [0.05, 0.1) is 13.2 Å². The molecule has 1 aliphatic carbocycles. The van der Waals surface area contributed by atoms with Gasteiger partial charge in [0.1, 0.15) is 5.75 Å². The maximum Gasteiger partial charge on any atom is 0.188 e. The zero-order chi connectivity index (χ0) is 23.4. The quantitative estimate of drug-likeness (QED) is 0.357. The predicted octanol–water partition coefficient (Wildman–Crippen LogP) is 5.99. The summed E-state index contributed by atoms with van der Waals surface area (Å²) in [6.07, 6.45) is 5.80.